The van der Waals surface area contributed by atoms with E-state index in [0.29, 0.717) is 28.3 Å². The molecule has 0 spiro atoms. The monoisotopic (exact) mass is 342 g/mol. The molecule has 3 nitrogen and oxygen atoms in total. The molecule has 3 aromatic rings. The summed E-state index contributed by atoms with van der Waals surface area (Å²) in [5, 5.41) is 0.570. The predicted molar refractivity (Wildman–Crippen MR) is 90.3 cm³/mol. The number of carbonyl (C=O) groups excluding carboxylic acids is 1. The number of hydrogen-bond acceptors (Lipinski definition) is 5. The second-order valence-electron chi connectivity index (χ2n) is 5.18. The number of aryl methyl sites for hydroxylation is 1. The fourth-order valence-electron chi connectivity index (χ4n) is 2.57. The Hall–Kier alpha value is -2.18. The highest BCUT2D eigenvalue weighted by atomic mass is 32.1. The molecule has 6 heteroatoms. The van der Waals surface area contributed by atoms with Gasteiger partial charge in [-0.1, -0.05) is 12.1 Å². The van der Waals surface area contributed by atoms with E-state index in [1.165, 1.54) is 28.7 Å². The molecule has 2 aromatic heterocycles. The average Bonchev–Trinajstić information content (AvgIpc) is 3.20. The number of ketones is 1. The number of benzene rings is 1. The number of halogens is 1. The Labute approximate surface area is 140 Å². The van der Waals surface area contributed by atoms with Crippen molar-refractivity contribution in [2.45, 2.75) is 12.8 Å². The zero-order valence-corrected chi connectivity index (χ0v) is 13.6. The molecule has 0 atom stereocenters. The van der Waals surface area contributed by atoms with E-state index >= 15 is 0 Å². The highest BCUT2D eigenvalue weighted by Crippen LogP contribution is 2.35. The van der Waals surface area contributed by atoms with Gasteiger partial charge in [-0.25, -0.2) is 9.37 Å². The normalized spacial score (nSPS) is 15.9. The topological polar surface area (TPSA) is 42.9 Å². The van der Waals surface area contributed by atoms with Crippen LogP contribution in [0.25, 0.3) is 16.6 Å². The van der Waals surface area contributed by atoms with Crippen molar-refractivity contribution in [2.24, 2.45) is 0 Å². The van der Waals surface area contributed by atoms with Gasteiger partial charge in [-0.3, -0.25) is 9.78 Å². The van der Waals surface area contributed by atoms with E-state index in [1.54, 1.807) is 29.9 Å². The van der Waals surface area contributed by atoms with E-state index < -0.39 is 0 Å². The predicted octanol–water partition coefficient (Wildman–Crippen LogP) is 4.62. The van der Waals surface area contributed by atoms with Crippen LogP contribution in [0.15, 0.2) is 41.5 Å². The van der Waals surface area contributed by atoms with Gasteiger partial charge in [-0.15, -0.1) is 22.7 Å². The van der Waals surface area contributed by atoms with Crippen molar-refractivity contribution < 1.29 is 9.18 Å². The zero-order valence-electron chi connectivity index (χ0n) is 12.0. The van der Waals surface area contributed by atoms with Gasteiger partial charge >= 0.3 is 0 Å². The molecule has 0 fully saturated rings. The molecule has 0 saturated heterocycles. The minimum absolute atomic E-state index is 0.000241. The number of hydrogen-bond donors (Lipinski definition) is 0. The number of fused-ring (bicyclic) bond motifs is 1. The number of Topliss-reactive ketones (excluding diaryl/α,β-unsaturated/α-hetero) is 1. The van der Waals surface area contributed by atoms with E-state index in [1.807, 2.05) is 6.08 Å². The van der Waals surface area contributed by atoms with Gasteiger partial charge in [-0.05, 0) is 31.1 Å². The van der Waals surface area contributed by atoms with Crippen LogP contribution in [0, 0.1) is 5.82 Å². The molecule has 114 valence electrons. The Kier molecular flexibility index (Phi) is 3.63. The summed E-state index contributed by atoms with van der Waals surface area (Å²) in [6.07, 6.45) is 5.00. The maximum absolute atomic E-state index is 13.9. The Morgan fingerprint density at radius 3 is 2.87 bits per heavy atom. The lowest BCUT2D eigenvalue weighted by Gasteiger charge is -2.11. The van der Waals surface area contributed by atoms with Crippen LogP contribution in [0.5, 0.6) is 0 Å². The van der Waals surface area contributed by atoms with E-state index in [0.717, 1.165) is 16.1 Å². The first-order chi connectivity index (χ1) is 11.2. The minimum atomic E-state index is -0.313. The lowest BCUT2D eigenvalue weighted by atomic mass is 9.95. The summed E-state index contributed by atoms with van der Waals surface area (Å²) in [4.78, 5) is 22.8. The summed E-state index contributed by atoms with van der Waals surface area (Å²) in [5.41, 5.74) is 3.74. The lowest BCUT2D eigenvalue weighted by molar-refractivity contribution is 0.103. The Balaban J connectivity index is 1.73. The summed E-state index contributed by atoms with van der Waals surface area (Å²) in [5.74, 6) is -0.314. The van der Waals surface area contributed by atoms with Crippen LogP contribution in [0.4, 0.5) is 4.39 Å². The van der Waals surface area contributed by atoms with Gasteiger partial charge < -0.3 is 0 Å². The first kappa shape index (κ1) is 14.4. The standard InChI is InChI=1S/C17H11FN2OS2/c18-13-4-2-1-3-12(13)17-20-14-6-5-10(15(21)16(14)23-17)7-11-8-19-9-22-11/h1-4,7-9H,5-6H2/b10-7-. The van der Waals surface area contributed by atoms with Crippen LogP contribution < -0.4 is 0 Å². The molecule has 0 amide bonds. The second kappa shape index (κ2) is 5.79. The quantitative estimate of drug-likeness (QED) is 0.638. The Bertz CT molecular complexity index is 913. The maximum Gasteiger partial charge on any atom is 0.200 e. The largest absolute Gasteiger partial charge is 0.288 e. The molecule has 0 bridgehead atoms. The molecule has 0 saturated carbocycles. The molecule has 1 aliphatic rings. The van der Waals surface area contributed by atoms with Gasteiger partial charge in [-0.2, -0.15) is 0 Å². The van der Waals surface area contributed by atoms with E-state index in [2.05, 4.69) is 9.97 Å². The van der Waals surface area contributed by atoms with Crippen LogP contribution in [0.1, 0.15) is 26.7 Å². The number of thiazole rings is 2. The van der Waals surface area contributed by atoms with Crippen molar-refractivity contribution in [3.63, 3.8) is 0 Å². The zero-order chi connectivity index (χ0) is 15.8. The smallest absolute Gasteiger partial charge is 0.200 e. The van der Waals surface area contributed by atoms with Crippen molar-refractivity contribution in [3.8, 4) is 10.6 Å². The summed E-state index contributed by atoms with van der Waals surface area (Å²) < 4.78 is 13.9. The Morgan fingerprint density at radius 1 is 1.22 bits per heavy atom. The molecule has 1 aromatic carbocycles. The maximum atomic E-state index is 13.9. The second-order valence-corrected chi connectivity index (χ2v) is 7.09. The van der Waals surface area contributed by atoms with Crippen LogP contribution in [0.3, 0.4) is 0 Å². The highest BCUT2D eigenvalue weighted by molar-refractivity contribution is 7.17. The molecule has 0 N–H and O–H groups in total. The molecule has 1 aliphatic carbocycles. The van der Waals surface area contributed by atoms with Gasteiger partial charge in [0.2, 0.25) is 5.78 Å². The van der Waals surface area contributed by atoms with Crippen molar-refractivity contribution in [1.29, 1.82) is 0 Å². The number of aromatic nitrogens is 2. The first-order valence-electron chi connectivity index (χ1n) is 7.11. The lowest BCUT2D eigenvalue weighted by Crippen LogP contribution is -2.11. The average molecular weight is 342 g/mol. The number of allylic oxidation sites excluding steroid dienone is 1. The van der Waals surface area contributed by atoms with E-state index in [4.69, 9.17) is 0 Å². The molecule has 0 aliphatic heterocycles. The van der Waals surface area contributed by atoms with Crippen LogP contribution in [0.2, 0.25) is 0 Å². The summed E-state index contributed by atoms with van der Waals surface area (Å²) in [7, 11) is 0. The van der Waals surface area contributed by atoms with Crippen molar-refractivity contribution >= 4 is 34.5 Å². The molecular weight excluding hydrogens is 331 g/mol. The van der Waals surface area contributed by atoms with Crippen LogP contribution in [-0.4, -0.2) is 15.8 Å². The third-order valence-electron chi connectivity index (χ3n) is 3.70. The number of rotatable bonds is 2. The minimum Gasteiger partial charge on any atom is -0.288 e. The summed E-state index contributed by atoms with van der Waals surface area (Å²) in [6.45, 7) is 0. The fourth-order valence-corrected chi connectivity index (χ4v) is 4.26. The number of nitrogens with zero attached hydrogens (tertiary/aromatic N) is 2. The van der Waals surface area contributed by atoms with E-state index in [9.17, 15) is 9.18 Å². The highest BCUT2D eigenvalue weighted by Gasteiger charge is 2.27. The number of carbonyl (C=O) groups is 1. The van der Waals surface area contributed by atoms with Crippen LogP contribution >= 0.6 is 22.7 Å². The van der Waals surface area contributed by atoms with Gasteiger partial charge in [0.15, 0.2) is 0 Å². The van der Waals surface area contributed by atoms with Crippen molar-refractivity contribution in [2.75, 3.05) is 0 Å². The van der Waals surface area contributed by atoms with Crippen molar-refractivity contribution in [3.05, 3.63) is 62.8 Å². The van der Waals surface area contributed by atoms with E-state index in [-0.39, 0.29) is 11.6 Å². The molecule has 0 unspecified atom stereocenters. The molecule has 4 rings (SSSR count). The fraction of sp³-hybridized carbons (Fsp3) is 0.118. The molecular formula is C17H11FN2OS2. The van der Waals surface area contributed by atoms with Crippen molar-refractivity contribution in [1.82, 2.24) is 9.97 Å². The molecule has 2 heterocycles. The van der Waals surface area contributed by atoms with Gasteiger partial charge in [0, 0.05) is 22.2 Å². The molecule has 23 heavy (non-hydrogen) atoms. The summed E-state index contributed by atoms with van der Waals surface area (Å²) >= 11 is 2.78. The first-order valence-corrected chi connectivity index (χ1v) is 8.80. The van der Waals surface area contributed by atoms with Gasteiger partial charge in [0.25, 0.3) is 0 Å². The third kappa shape index (κ3) is 2.64. The summed E-state index contributed by atoms with van der Waals surface area (Å²) in [6, 6.07) is 6.52. The van der Waals surface area contributed by atoms with Crippen LogP contribution in [-0.2, 0) is 6.42 Å². The van der Waals surface area contributed by atoms with Gasteiger partial charge in [0.05, 0.1) is 16.1 Å². The molecule has 0 radical (unpaired) electrons. The van der Waals surface area contributed by atoms with Gasteiger partial charge in [0.1, 0.15) is 10.8 Å². The third-order valence-corrected chi connectivity index (χ3v) is 5.55. The SMILES string of the molecule is O=C1/C(=C\c2cncs2)CCc2nc(-c3ccccc3F)sc21. The Morgan fingerprint density at radius 2 is 2.09 bits per heavy atom.